The number of amides is 1. The molecule has 0 fully saturated rings. The molecule has 254 valence electrons. The maximum atomic E-state index is 13.3. The first-order valence-electron chi connectivity index (χ1n) is 15.9. The van der Waals surface area contributed by atoms with Crippen LogP contribution < -0.4 is 10.1 Å². The summed E-state index contributed by atoms with van der Waals surface area (Å²) >= 11 is 0. The van der Waals surface area contributed by atoms with E-state index in [9.17, 15) is 44.4 Å². The number of nitrogens with one attached hydrogen (secondary N) is 1. The zero-order chi connectivity index (χ0) is 34.4. The average Bonchev–Trinajstić information content (AvgIpc) is 3.00. The lowest BCUT2D eigenvalue weighted by Gasteiger charge is -2.29. The highest BCUT2D eigenvalue weighted by Crippen LogP contribution is 2.26. The van der Waals surface area contributed by atoms with Crippen LogP contribution in [0.15, 0.2) is 36.4 Å². The Kier molecular flexibility index (Phi) is 19.4. The molecule has 0 heterocycles. The van der Waals surface area contributed by atoms with Crippen LogP contribution in [0.4, 0.5) is 0 Å². The zero-order valence-corrected chi connectivity index (χ0v) is 27.0. The number of unbranched alkanes of at least 4 members (excludes halogenated alkanes) is 8. The van der Waals surface area contributed by atoms with Gasteiger partial charge in [0.05, 0.1) is 12.3 Å². The van der Waals surface area contributed by atoms with Gasteiger partial charge < -0.3 is 30.5 Å². The Morgan fingerprint density at radius 1 is 0.913 bits per heavy atom. The van der Waals surface area contributed by atoms with Crippen LogP contribution in [0.25, 0.3) is 0 Å². The molecule has 0 saturated heterocycles. The predicted molar refractivity (Wildman–Crippen MR) is 172 cm³/mol. The third kappa shape index (κ3) is 15.7. The van der Waals surface area contributed by atoms with E-state index >= 15 is 0 Å². The van der Waals surface area contributed by atoms with Crippen LogP contribution in [0, 0.1) is 17.8 Å². The molecule has 0 aromatic heterocycles. The van der Waals surface area contributed by atoms with Gasteiger partial charge in [0.15, 0.2) is 5.60 Å². The summed E-state index contributed by atoms with van der Waals surface area (Å²) < 4.78 is 5.44. The van der Waals surface area contributed by atoms with E-state index in [1.54, 1.807) is 31.2 Å². The quantitative estimate of drug-likeness (QED) is 0.0555. The molecule has 0 radical (unpaired) electrons. The lowest BCUT2D eigenvalue weighted by molar-refractivity contribution is -0.172. The molecule has 46 heavy (non-hydrogen) atoms. The summed E-state index contributed by atoms with van der Waals surface area (Å²) in [5, 5.41) is 41.9. The van der Waals surface area contributed by atoms with Crippen molar-refractivity contribution >= 4 is 29.6 Å². The molecular formula is C35H49NO10. The normalized spacial score (nSPS) is 13.5. The van der Waals surface area contributed by atoms with E-state index in [0.29, 0.717) is 37.0 Å². The largest absolute Gasteiger partial charge is 0.481 e. The highest BCUT2D eigenvalue weighted by molar-refractivity contribution is 5.94. The summed E-state index contributed by atoms with van der Waals surface area (Å²) in [5.74, 6) is -1.77. The summed E-state index contributed by atoms with van der Waals surface area (Å²) in [4.78, 5) is 60.8. The van der Waals surface area contributed by atoms with Crippen molar-refractivity contribution in [2.24, 2.45) is 5.92 Å². The lowest BCUT2D eigenvalue weighted by atomic mass is 9.82. The Hall–Kier alpha value is -4.17. The second-order valence-corrected chi connectivity index (χ2v) is 11.3. The summed E-state index contributed by atoms with van der Waals surface area (Å²) in [6.07, 6.45) is 11.2. The van der Waals surface area contributed by atoms with E-state index in [4.69, 9.17) is 4.74 Å². The zero-order valence-electron chi connectivity index (χ0n) is 27.0. The van der Waals surface area contributed by atoms with Gasteiger partial charge in [-0.2, -0.15) is 0 Å². The monoisotopic (exact) mass is 643 g/mol. The minimum Gasteiger partial charge on any atom is -0.481 e. The van der Waals surface area contributed by atoms with Crippen LogP contribution in [0.2, 0.25) is 0 Å². The number of carbonyl (C=O) groups excluding carboxylic acids is 2. The van der Waals surface area contributed by atoms with Crippen molar-refractivity contribution in [1.29, 1.82) is 0 Å². The van der Waals surface area contributed by atoms with E-state index in [1.807, 2.05) is 0 Å². The van der Waals surface area contributed by atoms with Crippen molar-refractivity contribution in [3.63, 3.8) is 0 Å². The third-order valence-electron chi connectivity index (χ3n) is 7.52. The Morgan fingerprint density at radius 3 is 2.07 bits per heavy atom. The van der Waals surface area contributed by atoms with Gasteiger partial charge in [-0.05, 0) is 50.3 Å². The van der Waals surface area contributed by atoms with Crippen LogP contribution in [0.5, 0.6) is 5.75 Å². The first-order chi connectivity index (χ1) is 21.9. The fraction of sp³-hybridized carbons (Fsp3) is 0.571. The number of ether oxygens (including phenoxy) is 1. The van der Waals surface area contributed by atoms with Gasteiger partial charge in [-0.15, -0.1) is 5.92 Å². The molecule has 0 saturated carbocycles. The Labute approximate surface area is 271 Å². The predicted octanol–water partition coefficient (Wildman–Crippen LogP) is 4.93. The molecule has 1 amide bonds. The first-order valence-corrected chi connectivity index (χ1v) is 15.9. The Bertz CT molecular complexity index is 1210. The second-order valence-electron chi connectivity index (χ2n) is 11.3. The fourth-order valence-electron chi connectivity index (χ4n) is 4.84. The molecule has 0 unspecified atom stereocenters. The van der Waals surface area contributed by atoms with E-state index in [2.05, 4.69) is 24.1 Å². The smallest absolute Gasteiger partial charge is 0.337 e. The number of aliphatic hydroxyl groups is 1. The number of hydrogen-bond acceptors (Lipinski definition) is 7. The number of ketones is 1. The van der Waals surface area contributed by atoms with E-state index in [0.717, 1.165) is 51.0 Å². The van der Waals surface area contributed by atoms with Crippen molar-refractivity contribution in [1.82, 2.24) is 5.32 Å². The van der Waals surface area contributed by atoms with Gasteiger partial charge in [0.1, 0.15) is 24.2 Å². The van der Waals surface area contributed by atoms with Crippen LogP contribution >= 0.6 is 0 Å². The summed E-state index contributed by atoms with van der Waals surface area (Å²) in [7, 11) is 0. The van der Waals surface area contributed by atoms with E-state index in [1.165, 1.54) is 12.5 Å². The Morgan fingerprint density at radius 2 is 1.52 bits per heavy atom. The highest BCUT2D eigenvalue weighted by atomic mass is 16.5. The van der Waals surface area contributed by atoms with Crippen molar-refractivity contribution in [2.45, 2.75) is 115 Å². The van der Waals surface area contributed by atoms with Gasteiger partial charge >= 0.3 is 17.9 Å². The van der Waals surface area contributed by atoms with Gasteiger partial charge in [-0.25, -0.2) is 9.59 Å². The van der Waals surface area contributed by atoms with Crippen molar-refractivity contribution in [3.05, 3.63) is 42.0 Å². The molecule has 11 heteroatoms. The minimum atomic E-state index is -3.02. The molecule has 1 rings (SSSR count). The fourth-order valence-corrected chi connectivity index (χ4v) is 4.84. The van der Waals surface area contributed by atoms with E-state index < -0.39 is 47.8 Å². The third-order valence-corrected chi connectivity index (χ3v) is 7.52. The molecule has 0 aliphatic heterocycles. The minimum absolute atomic E-state index is 0.168. The summed E-state index contributed by atoms with van der Waals surface area (Å²) in [6, 6.07) is 4.95. The maximum Gasteiger partial charge on any atom is 0.337 e. The molecule has 0 spiro atoms. The number of aliphatic carboxylic acids is 3. The molecule has 0 bridgehead atoms. The molecule has 1 aromatic rings. The molecule has 11 nitrogen and oxygen atoms in total. The standard InChI is InChI=1S/C35H49NO10/c1-3-5-7-10-13-16-27(37)17-14-11-8-9-12-15-18-29(35(45,34(43)44)25-31(38)39)32(40)36-30(33(41)42)24-26-19-21-28(22-20-26)46-23-6-4-2/h15,18-22,29-30,45H,3,5,7-14,16-17,23-25H2,1-2H3,(H,36,40)(H,38,39)(H,41,42)(H,43,44)/t29-,30+,35+/m1/s1. The van der Waals surface area contributed by atoms with Crippen LogP contribution in [-0.2, 0) is 30.4 Å². The van der Waals surface area contributed by atoms with Gasteiger partial charge in [0.2, 0.25) is 5.91 Å². The number of carbonyl (C=O) groups is 5. The molecular weight excluding hydrogens is 594 g/mol. The van der Waals surface area contributed by atoms with Gasteiger partial charge in [-0.1, -0.05) is 75.7 Å². The van der Waals surface area contributed by atoms with Gasteiger partial charge in [0, 0.05) is 19.3 Å². The maximum absolute atomic E-state index is 13.3. The first kappa shape index (κ1) is 39.9. The molecule has 0 aliphatic rings. The molecule has 3 atom stereocenters. The topological polar surface area (TPSA) is 188 Å². The second kappa shape index (κ2) is 22.4. The summed E-state index contributed by atoms with van der Waals surface area (Å²) in [6.45, 7) is 4.01. The van der Waals surface area contributed by atoms with Crippen LogP contribution in [0.1, 0.15) is 103 Å². The number of allylic oxidation sites excluding steroid dienone is 1. The SMILES string of the molecule is CC#CCOc1ccc(C[C@H](NC(=O)[C@@H](C=CCCCCCCC(=O)CCCCCCC)[C@@](O)(CC(=O)O)C(=O)O)C(=O)O)cc1. The van der Waals surface area contributed by atoms with Gasteiger partial charge in [-0.3, -0.25) is 14.4 Å². The number of Topliss-reactive ketones (excluding diaryl/α,β-unsaturated/α-hetero) is 1. The molecule has 5 N–H and O–H groups in total. The van der Waals surface area contributed by atoms with Crippen molar-refractivity contribution < 1.29 is 49.1 Å². The Balaban J connectivity index is 2.83. The highest BCUT2D eigenvalue weighted by Gasteiger charge is 2.49. The van der Waals surface area contributed by atoms with E-state index in [-0.39, 0.29) is 18.8 Å². The average molecular weight is 644 g/mol. The number of hydrogen-bond donors (Lipinski definition) is 5. The van der Waals surface area contributed by atoms with Crippen molar-refractivity contribution in [3.8, 4) is 17.6 Å². The molecule has 1 aromatic carbocycles. The number of rotatable bonds is 25. The molecule has 0 aliphatic carbocycles. The number of carboxylic acids is 3. The summed E-state index contributed by atoms with van der Waals surface area (Å²) in [5.41, 5.74) is -2.49. The van der Waals surface area contributed by atoms with Gasteiger partial charge in [0.25, 0.3) is 0 Å². The van der Waals surface area contributed by atoms with Crippen LogP contribution in [-0.4, -0.2) is 68.3 Å². The lowest BCUT2D eigenvalue weighted by Crippen LogP contribution is -2.55. The van der Waals surface area contributed by atoms with Crippen molar-refractivity contribution in [2.75, 3.05) is 6.61 Å². The van der Waals surface area contributed by atoms with Crippen LogP contribution in [0.3, 0.4) is 0 Å². The number of carboxylic acid groups (broad SMARTS) is 3. The number of benzene rings is 1.